The maximum Gasteiger partial charge on any atom is 0.338 e. The molecule has 2 rings (SSSR count). The number of hydrogen-bond acceptors (Lipinski definition) is 5. The molecule has 1 fully saturated rings. The van der Waals surface area contributed by atoms with Crippen molar-refractivity contribution >= 4 is 11.7 Å². The third-order valence-electron chi connectivity index (χ3n) is 3.97. The van der Waals surface area contributed by atoms with E-state index in [1.807, 2.05) is 13.8 Å². The molecule has 0 aromatic heterocycles. The smallest absolute Gasteiger partial charge is 0.338 e. The number of hydrogen-bond donors (Lipinski definition) is 1. The second kappa shape index (κ2) is 6.22. The van der Waals surface area contributed by atoms with Crippen molar-refractivity contribution in [2.75, 3.05) is 13.1 Å². The third-order valence-corrected chi connectivity index (χ3v) is 3.97. The largest absolute Gasteiger partial charge is 0.456 e. The second-order valence-electron chi connectivity index (χ2n) is 5.82. The minimum Gasteiger partial charge on any atom is -0.456 e. The Morgan fingerprint density at radius 2 is 2.05 bits per heavy atom. The Balaban J connectivity index is 2.09. The standard InChI is InChI=1S/C15H20N2O4/c1-15(2,12-6-8-16-9-7-12)21-14(18)11-4-3-5-13(10-11)17(19)20/h3-5,10,12,16H,6-9H2,1-2H3. The first-order valence-electron chi connectivity index (χ1n) is 7.08. The van der Waals surface area contributed by atoms with Gasteiger partial charge in [-0.1, -0.05) is 6.07 Å². The van der Waals surface area contributed by atoms with Crippen molar-refractivity contribution in [3.05, 3.63) is 39.9 Å². The molecule has 1 aromatic rings. The molecule has 0 radical (unpaired) electrons. The summed E-state index contributed by atoms with van der Waals surface area (Å²) in [6.45, 7) is 5.64. The molecule has 6 nitrogen and oxygen atoms in total. The van der Waals surface area contributed by atoms with E-state index in [0.29, 0.717) is 5.92 Å². The number of nitro groups is 1. The fraction of sp³-hybridized carbons (Fsp3) is 0.533. The van der Waals surface area contributed by atoms with Crippen LogP contribution in [0.2, 0.25) is 0 Å². The van der Waals surface area contributed by atoms with Crippen LogP contribution in [0.25, 0.3) is 0 Å². The van der Waals surface area contributed by atoms with Crippen LogP contribution >= 0.6 is 0 Å². The number of piperidine rings is 1. The number of esters is 1. The molecule has 0 saturated carbocycles. The van der Waals surface area contributed by atoms with Gasteiger partial charge in [-0.2, -0.15) is 0 Å². The highest BCUT2D eigenvalue weighted by Gasteiger charge is 2.34. The number of nitrogens with one attached hydrogen (secondary N) is 1. The van der Waals surface area contributed by atoms with E-state index >= 15 is 0 Å². The predicted molar refractivity (Wildman–Crippen MR) is 78.2 cm³/mol. The van der Waals surface area contributed by atoms with Crippen LogP contribution in [0.5, 0.6) is 0 Å². The first-order chi connectivity index (χ1) is 9.90. The van der Waals surface area contributed by atoms with Gasteiger partial charge in [-0.05, 0) is 45.8 Å². The van der Waals surface area contributed by atoms with Crippen LogP contribution in [0.15, 0.2) is 24.3 Å². The van der Waals surface area contributed by atoms with Gasteiger partial charge in [0.15, 0.2) is 0 Å². The molecule has 0 amide bonds. The highest BCUT2D eigenvalue weighted by atomic mass is 16.6. The summed E-state index contributed by atoms with van der Waals surface area (Å²) in [6, 6.07) is 5.63. The lowest BCUT2D eigenvalue weighted by Gasteiger charge is -2.36. The quantitative estimate of drug-likeness (QED) is 0.524. The number of nitrogens with zero attached hydrogens (tertiary/aromatic N) is 1. The van der Waals surface area contributed by atoms with Crippen LogP contribution in [0.1, 0.15) is 37.0 Å². The Bertz CT molecular complexity index is 536. The molecule has 1 aliphatic heterocycles. The lowest BCUT2D eigenvalue weighted by atomic mass is 9.83. The Hall–Kier alpha value is -1.95. The molecular formula is C15H20N2O4. The average molecular weight is 292 g/mol. The molecular weight excluding hydrogens is 272 g/mol. The van der Waals surface area contributed by atoms with Crippen molar-refractivity contribution in [2.45, 2.75) is 32.3 Å². The Kier molecular flexibility index (Phi) is 4.57. The number of rotatable bonds is 4. The summed E-state index contributed by atoms with van der Waals surface area (Å²) < 4.78 is 5.61. The highest BCUT2D eigenvalue weighted by molar-refractivity contribution is 5.90. The van der Waals surface area contributed by atoms with E-state index in [-0.39, 0.29) is 11.3 Å². The maximum absolute atomic E-state index is 12.2. The number of carbonyl (C=O) groups excluding carboxylic acids is 1. The molecule has 114 valence electrons. The Labute approximate surface area is 123 Å². The topological polar surface area (TPSA) is 81.5 Å². The monoisotopic (exact) mass is 292 g/mol. The zero-order chi connectivity index (χ0) is 15.5. The predicted octanol–water partition coefficient (Wildman–Crippen LogP) is 2.53. The van der Waals surface area contributed by atoms with Gasteiger partial charge in [0.25, 0.3) is 5.69 Å². The van der Waals surface area contributed by atoms with E-state index in [1.54, 1.807) is 0 Å². The first-order valence-corrected chi connectivity index (χ1v) is 7.08. The summed E-state index contributed by atoms with van der Waals surface area (Å²) in [5, 5.41) is 14.0. The van der Waals surface area contributed by atoms with Crippen molar-refractivity contribution in [1.29, 1.82) is 0 Å². The van der Waals surface area contributed by atoms with E-state index in [0.717, 1.165) is 25.9 Å². The molecule has 6 heteroatoms. The molecule has 1 N–H and O–H groups in total. The molecule has 1 aromatic carbocycles. The fourth-order valence-electron chi connectivity index (χ4n) is 2.64. The summed E-state index contributed by atoms with van der Waals surface area (Å²) >= 11 is 0. The van der Waals surface area contributed by atoms with Gasteiger partial charge in [0.2, 0.25) is 0 Å². The molecule has 0 atom stereocenters. The van der Waals surface area contributed by atoms with E-state index in [2.05, 4.69) is 5.32 Å². The number of carbonyl (C=O) groups is 1. The zero-order valence-electron chi connectivity index (χ0n) is 12.3. The van der Waals surface area contributed by atoms with Crippen molar-refractivity contribution in [1.82, 2.24) is 5.32 Å². The normalized spacial score (nSPS) is 16.5. The summed E-state index contributed by atoms with van der Waals surface area (Å²) in [5.74, 6) is -0.219. The van der Waals surface area contributed by atoms with Gasteiger partial charge in [0.1, 0.15) is 5.60 Å². The van der Waals surface area contributed by atoms with Crippen molar-refractivity contribution in [2.24, 2.45) is 5.92 Å². The van der Waals surface area contributed by atoms with Crippen LogP contribution in [-0.2, 0) is 4.74 Å². The Morgan fingerprint density at radius 1 is 1.38 bits per heavy atom. The van der Waals surface area contributed by atoms with Crippen LogP contribution < -0.4 is 5.32 Å². The SMILES string of the molecule is CC(C)(OC(=O)c1cccc([N+](=O)[O-])c1)C1CCNCC1. The average Bonchev–Trinajstić information content (AvgIpc) is 2.48. The van der Waals surface area contributed by atoms with Crippen LogP contribution in [0.3, 0.4) is 0 Å². The van der Waals surface area contributed by atoms with Gasteiger partial charge < -0.3 is 10.1 Å². The summed E-state index contributed by atoms with van der Waals surface area (Å²) in [4.78, 5) is 22.5. The fourth-order valence-corrected chi connectivity index (χ4v) is 2.64. The third kappa shape index (κ3) is 3.78. The van der Waals surface area contributed by atoms with Gasteiger partial charge >= 0.3 is 5.97 Å². The molecule has 0 unspecified atom stereocenters. The number of nitro benzene ring substituents is 1. The van der Waals surface area contributed by atoms with Crippen molar-refractivity contribution < 1.29 is 14.5 Å². The number of benzene rings is 1. The molecule has 1 saturated heterocycles. The van der Waals surface area contributed by atoms with Gasteiger partial charge in [0.05, 0.1) is 10.5 Å². The second-order valence-corrected chi connectivity index (χ2v) is 5.82. The van der Waals surface area contributed by atoms with E-state index < -0.39 is 16.5 Å². The van der Waals surface area contributed by atoms with E-state index in [1.165, 1.54) is 24.3 Å². The van der Waals surface area contributed by atoms with Crippen LogP contribution in [-0.4, -0.2) is 29.6 Å². The van der Waals surface area contributed by atoms with Crippen molar-refractivity contribution in [3.63, 3.8) is 0 Å². The molecule has 0 bridgehead atoms. The molecule has 21 heavy (non-hydrogen) atoms. The van der Waals surface area contributed by atoms with E-state index in [9.17, 15) is 14.9 Å². The zero-order valence-corrected chi connectivity index (χ0v) is 12.3. The number of ether oxygens (including phenoxy) is 1. The lowest BCUT2D eigenvalue weighted by Crippen LogP contribution is -2.42. The minimum atomic E-state index is -0.580. The van der Waals surface area contributed by atoms with E-state index in [4.69, 9.17) is 4.74 Å². The molecule has 0 spiro atoms. The van der Waals surface area contributed by atoms with Gasteiger partial charge in [-0.3, -0.25) is 10.1 Å². The molecule has 0 aliphatic carbocycles. The summed E-state index contributed by atoms with van der Waals surface area (Å²) in [5.41, 5.74) is -0.473. The highest BCUT2D eigenvalue weighted by Crippen LogP contribution is 2.30. The van der Waals surface area contributed by atoms with Crippen LogP contribution in [0.4, 0.5) is 5.69 Å². The number of non-ortho nitro benzene ring substituents is 1. The van der Waals surface area contributed by atoms with Gasteiger partial charge in [0, 0.05) is 18.1 Å². The Morgan fingerprint density at radius 3 is 2.67 bits per heavy atom. The summed E-state index contributed by atoms with van der Waals surface area (Å²) in [7, 11) is 0. The first kappa shape index (κ1) is 15.4. The summed E-state index contributed by atoms with van der Waals surface area (Å²) in [6.07, 6.45) is 1.91. The van der Waals surface area contributed by atoms with Gasteiger partial charge in [-0.15, -0.1) is 0 Å². The lowest BCUT2D eigenvalue weighted by molar-refractivity contribution is -0.384. The van der Waals surface area contributed by atoms with Gasteiger partial charge in [-0.25, -0.2) is 4.79 Å². The minimum absolute atomic E-state index is 0.107. The maximum atomic E-state index is 12.2. The molecule has 1 aliphatic rings. The molecule has 1 heterocycles. The van der Waals surface area contributed by atoms with Crippen LogP contribution in [0, 0.1) is 16.0 Å². The van der Waals surface area contributed by atoms with Crippen molar-refractivity contribution in [3.8, 4) is 0 Å².